The summed E-state index contributed by atoms with van der Waals surface area (Å²) in [6.07, 6.45) is 3.13. The monoisotopic (exact) mass is 228 g/mol. The molecule has 0 bridgehead atoms. The van der Waals surface area contributed by atoms with Crippen molar-refractivity contribution >= 4 is 15.7 Å². The van der Waals surface area contributed by atoms with Crippen molar-refractivity contribution in [3.05, 3.63) is 23.9 Å². The Morgan fingerprint density at radius 3 is 2.73 bits per heavy atom. The quantitative estimate of drug-likeness (QED) is 0.779. The predicted molar refractivity (Wildman–Crippen MR) is 54.9 cm³/mol. The second kappa shape index (κ2) is 4.39. The van der Waals surface area contributed by atoms with Crippen LogP contribution in [0.4, 0.5) is 0 Å². The van der Waals surface area contributed by atoms with E-state index < -0.39 is 15.7 Å². The zero-order valence-corrected chi connectivity index (χ0v) is 9.12. The van der Waals surface area contributed by atoms with Crippen LogP contribution >= 0.6 is 0 Å². The van der Waals surface area contributed by atoms with E-state index in [1.165, 1.54) is 12.3 Å². The number of sulfone groups is 1. The van der Waals surface area contributed by atoms with Crippen molar-refractivity contribution in [3.63, 3.8) is 0 Å². The van der Waals surface area contributed by atoms with E-state index in [4.69, 9.17) is 5.73 Å². The predicted octanol–water partition coefficient (Wildman–Crippen LogP) is -0.0970. The fourth-order valence-corrected chi connectivity index (χ4v) is 1.69. The molecule has 1 amide bonds. The van der Waals surface area contributed by atoms with Crippen LogP contribution in [0.5, 0.6) is 0 Å². The Morgan fingerprint density at radius 1 is 1.53 bits per heavy atom. The van der Waals surface area contributed by atoms with Gasteiger partial charge in [-0.05, 0) is 24.1 Å². The highest BCUT2D eigenvalue weighted by atomic mass is 32.2. The molecule has 0 aliphatic carbocycles. The third-order valence-electron chi connectivity index (χ3n) is 1.84. The van der Waals surface area contributed by atoms with Crippen LogP contribution in [0.25, 0.3) is 0 Å². The van der Waals surface area contributed by atoms with E-state index in [1.807, 2.05) is 0 Å². The number of aryl methyl sites for hydroxylation is 1. The van der Waals surface area contributed by atoms with Crippen molar-refractivity contribution in [1.29, 1.82) is 0 Å². The maximum Gasteiger partial charge on any atom is 0.217 e. The molecule has 1 heterocycles. The highest BCUT2D eigenvalue weighted by Crippen LogP contribution is 2.09. The minimum Gasteiger partial charge on any atom is -0.370 e. The number of carbonyl (C=O) groups is 1. The largest absolute Gasteiger partial charge is 0.370 e. The summed E-state index contributed by atoms with van der Waals surface area (Å²) in [5, 5.41) is 0.0180. The molecule has 1 rings (SSSR count). The minimum atomic E-state index is -3.29. The van der Waals surface area contributed by atoms with Gasteiger partial charge in [0.2, 0.25) is 5.91 Å². The maximum atomic E-state index is 11.2. The van der Waals surface area contributed by atoms with E-state index in [1.54, 1.807) is 6.07 Å². The summed E-state index contributed by atoms with van der Waals surface area (Å²) in [5.74, 6) is -0.410. The van der Waals surface area contributed by atoms with Gasteiger partial charge in [0.05, 0.1) is 0 Å². The Balaban J connectivity index is 2.89. The summed E-state index contributed by atoms with van der Waals surface area (Å²) in [6.45, 7) is 0. The standard InChI is InChI=1S/C9H12N2O3S/c1-15(13,14)9-6-7(4-5-11-9)2-3-8(10)12/h4-6H,2-3H2,1H3,(H2,10,12). The molecular formula is C9H12N2O3S. The van der Waals surface area contributed by atoms with Crippen LogP contribution in [0.1, 0.15) is 12.0 Å². The van der Waals surface area contributed by atoms with Gasteiger partial charge in [-0.25, -0.2) is 13.4 Å². The highest BCUT2D eigenvalue weighted by Gasteiger charge is 2.09. The Kier molecular flexibility index (Phi) is 3.41. The van der Waals surface area contributed by atoms with Crippen LogP contribution < -0.4 is 5.73 Å². The lowest BCUT2D eigenvalue weighted by atomic mass is 10.1. The van der Waals surface area contributed by atoms with E-state index >= 15 is 0 Å². The molecule has 0 aliphatic rings. The Morgan fingerprint density at radius 2 is 2.20 bits per heavy atom. The Labute approximate surface area is 88.2 Å². The van der Waals surface area contributed by atoms with Gasteiger partial charge in [0, 0.05) is 18.9 Å². The summed E-state index contributed by atoms with van der Waals surface area (Å²) in [6, 6.07) is 3.12. The average Bonchev–Trinajstić information content (AvgIpc) is 2.14. The third kappa shape index (κ3) is 3.67. The van der Waals surface area contributed by atoms with Crippen LogP contribution in [0.15, 0.2) is 23.4 Å². The topological polar surface area (TPSA) is 90.1 Å². The van der Waals surface area contributed by atoms with E-state index in [-0.39, 0.29) is 11.4 Å². The summed E-state index contributed by atoms with van der Waals surface area (Å²) in [4.78, 5) is 14.3. The number of nitrogens with zero attached hydrogens (tertiary/aromatic N) is 1. The number of hydrogen-bond acceptors (Lipinski definition) is 4. The van der Waals surface area contributed by atoms with Crippen LogP contribution in [0.2, 0.25) is 0 Å². The van der Waals surface area contributed by atoms with Gasteiger partial charge < -0.3 is 5.73 Å². The first-order valence-electron chi connectivity index (χ1n) is 4.33. The van der Waals surface area contributed by atoms with Gasteiger partial charge in [-0.3, -0.25) is 4.79 Å². The number of carbonyl (C=O) groups excluding carboxylic acids is 1. The van der Waals surface area contributed by atoms with Gasteiger partial charge in [0.1, 0.15) is 0 Å². The molecule has 0 aromatic carbocycles. The lowest BCUT2D eigenvalue weighted by Crippen LogP contribution is -2.11. The lowest BCUT2D eigenvalue weighted by Gasteiger charge is -2.01. The molecule has 6 heteroatoms. The number of primary amides is 1. The normalized spacial score (nSPS) is 11.3. The average molecular weight is 228 g/mol. The molecule has 0 aliphatic heterocycles. The highest BCUT2D eigenvalue weighted by molar-refractivity contribution is 7.90. The van der Waals surface area contributed by atoms with Gasteiger partial charge >= 0.3 is 0 Å². The molecule has 0 unspecified atom stereocenters. The molecule has 0 spiro atoms. The summed E-state index contributed by atoms with van der Waals surface area (Å²) in [7, 11) is -3.29. The zero-order chi connectivity index (χ0) is 11.5. The zero-order valence-electron chi connectivity index (χ0n) is 8.30. The molecule has 0 saturated carbocycles. The Hall–Kier alpha value is -1.43. The molecule has 1 aromatic rings. The minimum absolute atomic E-state index is 0.0180. The van der Waals surface area contributed by atoms with E-state index in [0.29, 0.717) is 6.42 Å². The first-order chi connectivity index (χ1) is 6.89. The van der Waals surface area contributed by atoms with Crippen molar-refractivity contribution in [1.82, 2.24) is 4.98 Å². The third-order valence-corrected chi connectivity index (χ3v) is 2.82. The van der Waals surface area contributed by atoms with Crippen molar-refractivity contribution in [2.75, 3.05) is 6.26 Å². The molecule has 5 nitrogen and oxygen atoms in total. The van der Waals surface area contributed by atoms with Crippen molar-refractivity contribution in [3.8, 4) is 0 Å². The van der Waals surface area contributed by atoms with Crippen LogP contribution in [-0.2, 0) is 21.1 Å². The number of hydrogen-bond donors (Lipinski definition) is 1. The van der Waals surface area contributed by atoms with Crippen LogP contribution in [0.3, 0.4) is 0 Å². The van der Waals surface area contributed by atoms with Gasteiger partial charge in [-0.2, -0.15) is 0 Å². The molecule has 15 heavy (non-hydrogen) atoms. The molecule has 0 radical (unpaired) electrons. The smallest absolute Gasteiger partial charge is 0.217 e. The lowest BCUT2D eigenvalue weighted by molar-refractivity contribution is -0.117. The van der Waals surface area contributed by atoms with Crippen LogP contribution in [-0.4, -0.2) is 25.6 Å². The first-order valence-corrected chi connectivity index (χ1v) is 6.22. The Bertz CT molecular complexity index is 468. The molecule has 0 saturated heterocycles. The van der Waals surface area contributed by atoms with E-state index in [2.05, 4.69) is 4.98 Å². The van der Waals surface area contributed by atoms with Gasteiger partial charge in [-0.1, -0.05) is 0 Å². The maximum absolute atomic E-state index is 11.2. The first kappa shape index (κ1) is 11.6. The van der Waals surface area contributed by atoms with Crippen molar-refractivity contribution in [2.24, 2.45) is 5.73 Å². The van der Waals surface area contributed by atoms with Crippen molar-refractivity contribution in [2.45, 2.75) is 17.9 Å². The van der Waals surface area contributed by atoms with E-state index in [9.17, 15) is 13.2 Å². The van der Waals surface area contributed by atoms with Crippen molar-refractivity contribution < 1.29 is 13.2 Å². The second-order valence-corrected chi connectivity index (χ2v) is 5.20. The number of rotatable bonds is 4. The fraction of sp³-hybridized carbons (Fsp3) is 0.333. The van der Waals surface area contributed by atoms with Gasteiger partial charge in [-0.15, -0.1) is 0 Å². The van der Waals surface area contributed by atoms with E-state index in [0.717, 1.165) is 11.8 Å². The number of pyridine rings is 1. The molecular weight excluding hydrogens is 216 g/mol. The molecule has 1 aromatic heterocycles. The summed E-state index contributed by atoms with van der Waals surface area (Å²) < 4.78 is 22.3. The molecule has 0 atom stereocenters. The van der Waals surface area contributed by atoms with Gasteiger partial charge in [0.15, 0.2) is 14.9 Å². The second-order valence-electron chi connectivity index (χ2n) is 3.24. The molecule has 82 valence electrons. The fourth-order valence-electron chi connectivity index (χ4n) is 1.08. The molecule has 2 N–H and O–H groups in total. The summed E-state index contributed by atoms with van der Waals surface area (Å²) in [5.41, 5.74) is 5.73. The van der Waals surface area contributed by atoms with Crippen LogP contribution in [0, 0.1) is 0 Å². The van der Waals surface area contributed by atoms with Gasteiger partial charge in [0.25, 0.3) is 0 Å². The SMILES string of the molecule is CS(=O)(=O)c1cc(CCC(N)=O)ccn1. The number of amides is 1. The molecule has 0 fully saturated rings. The summed E-state index contributed by atoms with van der Waals surface area (Å²) >= 11 is 0. The number of aromatic nitrogens is 1. The number of nitrogens with two attached hydrogens (primary N) is 1.